The summed E-state index contributed by atoms with van der Waals surface area (Å²) in [5.41, 5.74) is 0. The minimum Gasteiger partial charge on any atom is -0.396 e. The molecule has 0 saturated heterocycles. The maximum absolute atomic E-state index is 11.5. The fourth-order valence-corrected chi connectivity index (χ4v) is 3.07. The van der Waals surface area contributed by atoms with Gasteiger partial charge in [0.25, 0.3) is 0 Å². The Hall–Kier alpha value is -0.500. The van der Waals surface area contributed by atoms with E-state index in [1.54, 1.807) is 6.20 Å². The molecule has 0 fully saturated rings. The van der Waals surface area contributed by atoms with Crippen molar-refractivity contribution in [1.82, 2.24) is 9.71 Å². The van der Waals surface area contributed by atoms with Gasteiger partial charge < -0.3 is 5.11 Å². The van der Waals surface area contributed by atoms with E-state index in [0.717, 1.165) is 9.88 Å². The van der Waals surface area contributed by atoms with Crippen LogP contribution in [0.2, 0.25) is 0 Å². The highest BCUT2D eigenvalue weighted by Crippen LogP contribution is 2.11. The van der Waals surface area contributed by atoms with Gasteiger partial charge in [0.05, 0.1) is 10.8 Å². The second kappa shape index (κ2) is 6.29. The lowest BCUT2D eigenvalue weighted by atomic mass is 10.4. The highest BCUT2D eigenvalue weighted by molar-refractivity contribution is 7.89. The molecule has 0 amide bonds. The number of nitrogens with zero attached hydrogens (tertiary/aromatic N) is 1. The van der Waals surface area contributed by atoms with Gasteiger partial charge in [0.1, 0.15) is 0 Å². The van der Waals surface area contributed by atoms with Gasteiger partial charge in [0.2, 0.25) is 10.0 Å². The Morgan fingerprint density at radius 1 is 1.50 bits per heavy atom. The number of sulfonamides is 1. The predicted molar refractivity (Wildman–Crippen MR) is 63.8 cm³/mol. The first kappa shape index (κ1) is 13.6. The van der Waals surface area contributed by atoms with Crippen molar-refractivity contribution in [3.05, 3.63) is 16.1 Å². The Morgan fingerprint density at radius 3 is 2.81 bits per heavy atom. The quantitative estimate of drug-likeness (QED) is 0.708. The van der Waals surface area contributed by atoms with Crippen LogP contribution >= 0.6 is 11.3 Å². The summed E-state index contributed by atoms with van der Waals surface area (Å²) in [6, 6.07) is 0. The van der Waals surface area contributed by atoms with Crippen molar-refractivity contribution < 1.29 is 13.5 Å². The maximum Gasteiger partial charge on any atom is 0.211 e. The third-order valence-corrected chi connectivity index (χ3v) is 4.28. The fraction of sp³-hybridized carbons (Fsp3) is 0.667. The monoisotopic (exact) mass is 264 g/mol. The summed E-state index contributed by atoms with van der Waals surface area (Å²) in [4.78, 5) is 4.95. The number of unbranched alkanes of at least 4 members (excludes halogenated alkanes) is 1. The first-order valence-electron chi connectivity index (χ1n) is 5.03. The lowest BCUT2D eigenvalue weighted by molar-refractivity contribution is 0.287. The maximum atomic E-state index is 11.5. The van der Waals surface area contributed by atoms with Crippen LogP contribution < -0.4 is 4.72 Å². The molecule has 0 unspecified atom stereocenters. The summed E-state index contributed by atoms with van der Waals surface area (Å²) in [6.07, 6.45) is 2.67. The van der Waals surface area contributed by atoms with Crippen LogP contribution in [0, 0.1) is 6.92 Å². The van der Waals surface area contributed by atoms with E-state index in [-0.39, 0.29) is 12.4 Å². The number of hydrogen-bond donors (Lipinski definition) is 2. The average molecular weight is 264 g/mol. The Bertz CT molecular complexity index is 414. The van der Waals surface area contributed by atoms with E-state index in [1.807, 2.05) is 6.92 Å². The minimum atomic E-state index is -3.22. The van der Waals surface area contributed by atoms with Crippen LogP contribution in [-0.4, -0.2) is 30.9 Å². The summed E-state index contributed by atoms with van der Waals surface area (Å²) < 4.78 is 25.5. The molecule has 0 aromatic carbocycles. The zero-order valence-corrected chi connectivity index (χ0v) is 10.8. The van der Waals surface area contributed by atoms with Crippen molar-refractivity contribution in [2.24, 2.45) is 0 Å². The number of rotatable bonds is 7. The Kier molecular flexibility index (Phi) is 5.33. The molecular formula is C9H16N2O3S2. The standard InChI is InChI=1S/C9H16N2O3S2/c1-8-10-6-9(15-8)7-11-16(13,14)5-3-2-4-12/h6,11-12H,2-5,7H2,1H3. The van der Waals surface area contributed by atoms with E-state index in [2.05, 4.69) is 9.71 Å². The molecule has 0 aliphatic carbocycles. The van der Waals surface area contributed by atoms with E-state index in [0.29, 0.717) is 19.4 Å². The van der Waals surface area contributed by atoms with Crippen molar-refractivity contribution in [2.45, 2.75) is 26.3 Å². The zero-order valence-electron chi connectivity index (χ0n) is 9.14. The second-order valence-corrected chi connectivity index (χ2v) is 6.66. The summed E-state index contributed by atoms with van der Waals surface area (Å²) in [5, 5.41) is 9.48. The lowest BCUT2D eigenvalue weighted by Crippen LogP contribution is -2.25. The van der Waals surface area contributed by atoms with E-state index in [9.17, 15) is 8.42 Å². The van der Waals surface area contributed by atoms with E-state index >= 15 is 0 Å². The molecule has 0 saturated carbocycles. The van der Waals surface area contributed by atoms with Crippen LogP contribution in [0.3, 0.4) is 0 Å². The van der Waals surface area contributed by atoms with Gasteiger partial charge in [-0.05, 0) is 19.8 Å². The van der Waals surface area contributed by atoms with E-state index in [4.69, 9.17) is 5.11 Å². The third kappa shape index (κ3) is 5.02. The molecule has 0 aliphatic rings. The van der Waals surface area contributed by atoms with Gasteiger partial charge in [-0.25, -0.2) is 18.1 Å². The second-order valence-electron chi connectivity index (χ2n) is 3.42. The third-order valence-electron chi connectivity index (χ3n) is 1.96. The zero-order chi connectivity index (χ0) is 12.0. The minimum absolute atomic E-state index is 0.0313. The predicted octanol–water partition coefficient (Wildman–Crippen LogP) is 0.643. The molecular weight excluding hydrogens is 248 g/mol. The van der Waals surface area contributed by atoms with E-state index in [1.165, 1.54) is 11.3 Å². The molecule has 92 valence electrons. The number of thiazole rings is 1. The van der Waals surface area contributed by atoms with Gasteiger partial charge in [-0.1, -0.05) is 0 Å². The van der Waals surface area contributed by atoms with Crippen LogP contribution in [0.4, 0.5) is 0 Å². The highest BCUT2D eigenvalue weighted by Gasteiger charge is 2.10. The van der Waals surface area contributed by atoms with Crippen molar-refractivity contribution in [2.75, 3.05) is 12.4 Å². The number of aliphatic hydroxyl groups excluding tert-OH is 1. The topological polar surface area (TPSA) is 79.3 Å². The first-order valence-corrected chi connectivity index (χ1v) is 7.50. The summed E-state index contributed by atoms with van der Waals surface area (Å²) >= 11 is 1.48. The molecule has 5 nitrogen and oxygen atoms in total. The van der Waals surface area contributed by atoms with Crippen LogP contribution in [0.25, 0.3) is 0 Å². The van der Waals surface area contributed by atoms with Crippen molar-refractivity contribution in [1.29, 1.82) is 0 Å². The molecule has 16 heavy (non-hydrogen) atoms. The number of hydrogen-bond acceptors (Lipinski definition) is 5. The number of aryl methyl sites for hydroxylation is 1. The van der Waals surface area contributed by atoms with Crippen LogP contribution in [-0.2, 0) is 16.6 Å². The molecule has 0 bridgehead atoms. The molecule has 0 spiro atoms. The molecule has 0 radical (unpaired) electrons. The van der Waals surface area contributed by atoms with Gasteiger partial charge in [0, 0.05) is 24.2 Å². The van der Waals surface area contributed by atoms with Gasteiger partial charge in [0.15, 0.2) is 0 Å². The Balaban J connectivity index is 2.36. The highest BCUT2D eigenvalue weighted by atomic mass is 32.2. The van der Waals surface area contributed by atoms with Crippen LogP contribution in [0.5, 0.6) is 0 Å². The van der Waals surface area contributed by atoms with Crippen molar-refractivity contribution >= 4 is 21.4 Å². The van der Waals surface area contributed by atoms with E-state index < -0.39 is 10.0 Å². The summed E-state index contributed by atoms with van der Waals surface area (Å²) in [7, 11) is -3.22. The van der Waals surface area contributed by atoms with Gasteiger partial charge in [-0.3, -0.25) is 0 Å². The molecule has 1 rings (SSSR count). The van der Waals surface area contributed by atoms with Gasteiger partial charge in [-0.2, -0.15) is 0 Å². The van der Waals surface area contributed by atoms with Gasteiger partial charge in [-0.15, -0.1) is 11.3 Å². The molecule has 2 N–H and O–H groups in total. The summed E-state index contributed by atoms with van der Waals surface area (Å²) in [6.45, 7) is 2.21. The fourth-order valence-electron chi connectivity index (χ4n) is 1.14. The number of aliphatic hydroxyl groups is 1. The molecule has 7 heteroatoms. The lowest BCUT2D eigenvalue weighted by Gasteiger charge is -2.04. The van der Waals surface area contributed by atoms with Crippen molar-refractivity contribution in [3.63, 3.8) is 0 Å². The average Bonchev–Trinajstić information content (AvgIpc) is 2.62. The van der Waals surface area contributed by atoms with Crippen LogP contribution in [0.1, 0.15) is 22.7 Å². The Morgan fingerprint density at radius 2 is 2.25 bits per heavy atom. The smallest absolute Gasteiger partial charge is 0.211 e. The molecule has 1 heterocycles. The van der Waals surface area contributed by atoms with Gasteiger partial charge >= 0.3 is 0 Å². The Labute approximate surface area is 99.6 Å². The molecule has 0 aliphatic heterocycles. The largest absolute Gasteiger partial charge is 0.396 e. The molecule has 1 aromatic rings. The molecule has 0 atom stereocenters. The molecule has 1 aromatic heterocycles. The van der Waals surface area contributed by atoms with Crippen LogP contribution in [0.15, 0.2) is 6.20 Å². The first-order chi connectivity index (χ1) is 7.53. The SMILES string of the molecule is Cc1ncc(CNS(=O)(=O)CCCCO)s1. The number of aromatic nitrogens is 1. The summed E-state index contributed by atoms with van der Waals surface area (Å²) in [5.74, 6) is 0.0609. The number of nitrogens with one attached hydrogen (secondary N) is 1. The normalized spacial score (nSPS) is 11.9. The van der Waals surface area contributed by atoms with Crippen molar-refractivity contribution in [3.8, 4) is 0 Å².